The molecule has 1 aromatic carbocycles. The van der Waals surface area contributed by atoms with Crippen LogP contribution in [0.4, 0.5) is 0 Å². The molecule has 0 aliphatic carbocycles. The van der Waals surface area contributed by atoms with Crippen LogP contribution in [0.3, 0.4) is 0 Å². The maximum absolute atomic E-state index is 11.5. The van der Waals surface area contributed by atoms with E-state index in [1.54, 1.807) is 0 Å². The summed E-state index contributed by atoms with van der Waals surface area (Å²) in [6.07, 6.45) is 0.382. The molecule has 1 atom stereocenters. The SMILES string of the molecule is COC(=O)CC(c1ccc(C)c(C)c1C)N(C)C. The van der Waals surface area contributed by atoms with Crippen molar-refractivity contribution in [3.63, 3.8) is 0 Å². The van der Waals surface area contributed by atoms with E-state index in [9.17, 15) is 4.79 Å². The van der Waals surface area contributed by atoms with Crippen LogP contribution in [0.1, 0.15) is 34.7 Å². The molecule has 1 unspecified atom stereocenters. The molecule has 0 fully saturated rings. The van der Waals surface area contributed by atoms with Crippen LogP contribution >= 0.6 is 0 Å². The molecular formula is C15H23NO2. The number of aryl methyl sites for hydroxylation is 1. The summed E-state index contributed by atoms with van der Waals surface area (Å²) >= 11 is 0. The van der Waals surface area contributed by atoms with Crippen molar-refractivity contribution in [2.75, 3.05) is 21.2 Å². The minimum Gasteiger partial charge on any atom is -0.469 e. The second-order valence-corrected chi connectivity index (χ2v) is 4.98. The smallest absolute Gasteiger partial charge is 0.307 e. The summed E-state index contributed by atoms with van der Waals surface area (Å²) < 4.78 is 4.78. The molecular weight excluding hydrogens is 226 g/mol. The number of rotatable bonds is 4. The van der Waals surface area contributed by atoms with Gasteiger partial charge in [-0.3, -0.25) is 4.79 Å². The number of hydrogen-bond acceptors (Lipinski definition) is 3. The molecule has 0 N–H and O–H groups in total. The largest absolute Gasteiger partial charge is 0.469 e. The van der Waals surface area contributed by atoms with E-state index in [2.05, 4.69) is 37.8 Å². The molecule has 100 valence electrons. The summed E-state index contributed by atoms with van der Waals surface area (Å²) in [5.74, 6) is -0.175. The normalized spacial score (nSPS) is 12.6. The highest BCUT2D eigenvalue weighted by atomic mass is 16.5. The highest BCUT2D eigenvalue weighted by Crippen LogP contribution is 2.28. The van der Waals surface area contributed by atoms with Crippen LogP contribution in [-0.2, 0) is 9.53 Å². The van der Waals surface area contributed by atoms with Gasteiger partial charge in [0.25, 0.3) is 0 Å². The number of ether oxygens (including phenoxy) is 1. The second-order valence-electron chi connectivity index (χ2n) is 4.98. The highest BCUT2D eigenvalue weighted by molar-refractivity contribution is 5.70. The third-order valence-electron chi connectivity index (χ3n) is 3.67. The van der Waals surface area contributed by atoms with Gasteiger partial charge in [-0.05, 0) is 57.1 Å². The molecule has 18 heavy (non-hydrogen) atoms. The van der Waals surface area contributed by atoms with Gasteiger partial charge in [0, 0.05) is 6.04 Å². The van der Waals surface area contributed by atoms with Crippen LogP contribution < -0.4 is 0 Å². The number of benzene rings is 1. The molecule has 0 amide bonds. The van der Waals surface area contributed by atoms with Gasteiger partial charge in [0.2, 0.25) is 0 Å². The molecule has 0 radical (unpaired) electrons. The predicted molar refractivity (Wildman–Crippen MR) is 73.7 cm³/mol. The van der Waals surface area contributed by atoms with E-state index in [1.807, 2.05) is 14.1 Å². The summed E-state index contributed by atoms with van der Waals surface area (Å²) in [5, 5.41) is 0. The lowest BCUT2D eigenvalue weighted by Crippen LogP contribution is -2.24. The highest BCUT2D eigenvalue weighted by Gasteiger charge is 2.21. The lowest BCUT2D eigenvalue weighted by molar-refractivity contribution is -0.141. The number of carbonyl (C=O) groups excluding carboxylic acids is 1. The number of nitrogens with zero attached hydrogens (tertiary/aromatic N) is 1. The zero-order chi connectivity index (χ0) is 13.9. The fourth-order valence-corrected chi connectivity index (χ4v) is 2.15. The van der Waals surface area contributed by atoms with E-state index in [4.69, 9.17) is 4.74 Å². The van der Waals surface area contributed by atoms with Gasteiger partial charge >= 0.3 is 5.97 Å². The van der Waals surface area contributed by atoms with E-state index in [1.165, 1.54) is 29.4 Å². The molecule has 1 aromatic rings. The summed E-state index contributed by atoms with van der Waals surface area (Å²) in [6, 6.07) is 4.30. The average molecular weight is 249 g/mol. The van der Waals surface area contributed by atoms with Crippen molar-refractivity contribution in [3.8, 4) is 0 Å². The lowest BCUT2D eigenvalue weighted by atomic mass is 9.92. The quantitative estimate of drug-likeness (QED) is 0.768. The zero-order valence-corrected chi connectivity index (χ0v) is 12.2. The van der Waals surface area contributed by atoms with Crippen molar-refractivity contribution >= 4 is 5.97 Å². The molecule has 0 aromatic heterocycles. The van der Waals surface area contributed by atoms with Crippen LogP contribution in [0, 0.1) is 20.8 Å². The van der Waals surface area contributed by atoms with E-state index < -0.39 is 0 Å². The number of carbonyl (C=O) groups is 1. The number of hydrogen-bond donors (Lipinski definition) is 0. The maximum atomic E-state index is 11.5. The molecule has 0 bridgehead atoms. The summed E-state index contributed by atoms with van der Waals surface area (Å²) in [7, 11) is 5.41. The third-order valence-corrected chi connectivity index (χ3v) is 3.67. The van der Waals surface area contributed by atoms with Crippen molar-refractivity contribution in [2.45, 2.75) is 33.2 Å². The first-order valence-electron chi connectivity index (χ1n) is 6.18. The van der Waals surface area contributed by atoms with Gasteiger partial charge in [0.05, 0.1) is 13.5 Å². The first-order valence-corrected chi connectivity index (χ1v) is 6.18. The molecule has 3 heteroatoms. The van der Waals surface area contributed by atoms with E-state index in [0.717, 1.165) is 0 Å². The minimum atomic E-state index is -0.175. The Balaban J connectivity index is 3.14. The Labute approximate surface area is 110 Å². The maximum Gasteiger partial charge on any atom is 0.307 e. The standard InChI is InChI=1S/C15H23NO2/c1-10-7-8-13(12(3)11(10)2)14(16(4)5)9-15(17)18-6/h7-8,14H,9H2,1-6H3. The van der Waals surface area contributed by atoms with Crippen molar-refractivity contribution in [2.24, 2.45) is 0 Å². The van der Waals surface area contributed by atoms with Gasteiger partial charge in [0.15, 0.2) is 0 Å². The Morgan fingerprint density at radius 1 is 1.22 bits per heavy atom. The van der Waals surface area contributed by atoms with Crippen molar-refractivity contribution in [3.05, 3.63) is 34.4 Å². The van der Waals surface area contributed by atoms with Gasteiger partial charge < -0.3 is 9.64 Å². The molecule has 0 saturated heterocycles. The monoisotopic (exact) mass is 249 g/mol. The van der Waals surface area contributed by atoms with E-state index >= 15 is 0 Å². The molecule has 0 heterocycles. The molecule has 0 aliphatic heterocycles. The molecule has 3 nitrogen and oxygen atoms in total. The van der Waals surface area contributed by atoms with Crippen LogP contribution in [0.5, 0.6) is 0 Å². The number of methoxy groups -OCH3 is 1. The average Bonchev–Trinajstić information content (AvgIpc) is 2.33. The van der Waals surface area contributed by atoms with Crippen molar-refractivity contribution in [1.82, 2.24) is 4.90 Å². The fraction of sp³-hybridized carbons (Fsp3) is 0.533. The van der Waals surface area contributed by atoms with Crippen LogP contribution in [-0.4, -0.2) is 32.1 Å². The van der Waals surface area contributed by atoms with Gasteiger partial charge in [-0.2, -0.15) is 0 Å². The summed E-state index contributed by atoms with van der Waals surface area (Å²) in [6.45, 7) is 6.35. The molecule has 0 spiro atoms. The fourth-order valence-electron chi connectivity index (χ4n) is 2.15. The topological polar surface area (TPSA) is 29.5 Å². The Morgan fingerprint density at radius 2 is 1.83 bits per heavy atom. The summed E-state index contributed by atoms with van der Waals surface area (Å²) in [5.41, 5.74) is 5.04. The predicted octanol–water partition coefficient (Wildman–Crippen LogP) is 2.78. The van der Waals surface area contributed by atoms with Gasteiger partial charge in [0.1, 0.15) is 0 Å². The van der Waals surface area contributed by atoms with Crippen LogP contribution in [0.2, 0.25) is 0 Å². The van der Waals surface area contributed by atoms with Crippen molar-refractivity contribution in [1.29, 1.82) is 0 Å². The van der Waals surface area contributed by atoms with E-state index in [0.29, 0.717) is 6.42 Å². The second kappa shape index (κ2) is 6.01. The van der Waals surface area contributed by atoms with Crippen LogP contribution in [0.15, 0.2) is 12.1 Å². The first kappa shape index (κ1) is 14.7. The molecule has 0 saturated carbocycles. The van der Waals surface area contributed by atoms with Crippen molar-refractivity contribution < 1.29 is 9.53 Å². The first-order chi connectivity index (χ1) is 8.38. The lowest BCUT2D eigenvalue weighted by Gasteiger charge is -2.26. The third kappa shape index (κ3) is 3.10. The van der Waals surface area contributed by atoms with Crippen LogP contribution in [0.25, 0.3) is 0 Å². The Hall–Kier alpha value is -1.35. The number of esters is 1. The molecule has 0 aliphatic rings. The zero-order valence-electron chi connectivity index (χ0n) is 12.2. The Morgan fingerprint density at radius 3 is 2.33 bits per heavy atom. The summed E-state index contributed by atoms with van der Waals surface area (Å²) in [4.78, 5) is 13.6. The van der Waals surface area contributed by atoms with E-state index in [-0.39, 0.29) is 12.0 Å². The Kier molecular flexibility index (Phi) is 4.91. The molecule has 1 rings (SSSR count). The van der Waals surface area contributed by atoms with Gasteiger partial charge in [-0.25, -0.2) is 0 Å². The Bertz CT molecular complexity index is 438. The van der Waals surface area contributed by atoms with Gasteiger partial charge in [-0.15, -0.1) is 0 Å². The minimum absolute atomic E-state index is 0.0664. The van der Waals surface area contributed by atoms with Gasteiger partial charge in [-0.1, -0.05) is 12.1 Å².